The summed E-state index contributed by atoms with van der Waals surface area (Å²) in [6.07, 6.45) is 1.09. The number of benzene rings is 2. The summed E-state index contributed by atoms with van der Waals surface area (Å²) in [6.45, 7) is 3.98. The van der Waals surface area contributed by atoms with Crippen molar-refractivity contribution in [1.29, 1.82) is 5.26 Å². The van der Waals surface area contributed by atoms with Crippen molar-refractivity contribution in [2.24, 2.45) is 0 Å². The molecule has 2 rings (SSSR count). The van der Waals surface area contributed by atoms with Crippen molar-refractivity contribution in [3.05, 3.63) is 70.8 Å². The van der Waals surface area contributed by atoms with E-state index in [2.05, 4.69) is 6.07 Å². The van der Waals surface area contributed by atoms with Gasteiger partial charge in [0, 0.05) is 6.42 Å². The lowest BCUT2D eigenvalue weighted by Gasteiger charge is -2.12. The van der Waals surface area contributed by atoms with Crippen LogP contribution in [0.25, 0.3) is 0 Å². The van der Waals surface area contributed by atoms with Gasteiger partial charge < -0.3 is 0 Å². The van der Waals surface area contributed by atoms with Gasteiger partial charge in [-0.3, -0.25) is 4.79 Å². The van der Waals surface area contributed by atoms with Crippen molar-refractivity contribution in [3.63, 3.8) is 0 Å². The normalized spacial score (nSPS) is 11.7. The Hall–Kier alpha value is -2.40. The van der Waals surface area contributed by atoms with Crippen molar-refractivity contribution in [3.8, 4) is 6.07 Å². The molecule has 1 atom stereocenters. The van der Waals surface area contributed by atoms with Gasteiger partial charge in [-0.2, -0.15) is 5.26 Å². The molecule has 0 saturated heterocycles. The van der Waals surface area contributed by atoms with Crippen molar-refractivity contribution in [1.82, 2.24) is 0 Å². The summed E-state index contributed by atoms with van der Waals surface area (Å²) in [6, 6.07) is 17.8. The highest BCUT2D eigenvalue weighted by Crippen LogP contribution is 2.22. The van der Waals surface area contributed by atoms with Gasteiger partial charge in [-0.1, -0.05) is 48.5 Å². The number of aryl methyl sites for hydroxylation is 3. The van der Waals surface area contributed by atoms with E-state index in [0.29, 0.717) is 12.8 Å². The first-order chi connectivity index (χ1) is 10.1. The van der Waals surface area contributed by atoms with Crippen LogP contribution in [0.2, 0.25) is 0 Å². The second kappa shape index (κ2) is 6.85. The molecule has 0 fully saturated rings. The average molecular weight is 277 g/mol. The molecule has 0 aliphatic carbocycles. The zero-order valence-corrected chi connectivity index (χ0v) is 12.5. The SMILES string of the molecule is Cc1ccccc1CCC(=O)C(C#N)c1ccccc1C. The first-order valence-electron chi connectivity index (χ1n) is 7.16. The number of hydrogen-bond donors (Lipinski definition) is 0. The van der Waals surface area contributed by atoms with Crippen LogP contribution in [-0.2, 0) is 11.2 Å². The summed E-state index contributed by atoms with van der Waals surface area (Å²) < 4.78 is 0. The highest BCUT2D eigenvalue weighted by atomic mass is 16.1. The molecular formula is C19H19NO. The van der Waals surface area contributed by atoms with Crippen LogP contribution in [0.15, 0.2) is 48.5 Å². The second-order valence-electron chi connectivity index (χ2n) is 5.31. The van der Waals surface area contributed by atoms with Crippen molar-refractivity contribution in [2.45, 2.75) is 32.6 Å². The molecule has 0 spiro atoms. The summed E-state index contributed by atoms with van der Waals surface area (Å²) >= 11 is 0. The summed E-state index contributed by atoms with van der Waals surface area (Å²) in [5, 5.41) is 9.36. The lowest BCUT2D eigenvalue weighted by molar-refractivity contribution is -0.119. The minimum absolute atomic E-state index is 0.00458. The summed E-state index contributed by atoms with van der Waals surface area (Å²) in [7, 11) is 0. The van der Waals surface area contributed by atoms with Crippen LogP contribution >= 0.6 is 0 Å². The third-order valence-electron chi connectivity index (χ3n) is 3.85. The van der Waals surface area contributed by atoms with Crippen molar-refractivity contribution < 1.29 is 4.79 Å². The van der Waals surface area contributed by atoms with Crippen molar-refractivity contribution in [2.75, 3.05) is 0 Å². The molecule has 21 heavy (non-hydrogen) atoms. The summed E-state index contributed by atoms with van der Waals surface area (Å²) in [4.78, 5) is 12.4. The topological polar surface area (TPSA) is 40.9 Å². The minimum atomic E-state index is -0.657. The lowest BCUT2D eigenvalue weighted by Crippen LogP contribution is -2.13. The maximum Gasteiger partial charge on any atom is 0.154 e. The predicted octanol–water partition coefficient (Wildman–Crippen LogP) is 4.11. The van der Waals surface area contributed by atoms with Gasteiger partial charge in [0.15, 0.2) is 5.78 Å². The summed E-state index contributed by atoms with van der Waals surface area (Å²) in [5.41, 5.74) is 4.19. The van der Waals surface area contributed by atoms with Gasteiger partial charge in [-0.25, -0.2) is 0 Å². The Morgan fingerprint density at radius 3 is 2.29 bits per heavy atom. The van der Waals surface area contributed by atoms with Crippen LogP contribution in [0, 0.1) is 25.2 Å². The number of nitrogens with zero attached hydrogens (tertiary/aromatic N) is 1. The van der Waals surface area contributed by atoms with Crippen LogP contribution in [-0.4, -0.2) is 5.78 Å². The van der Waals surface area contributed by atoms with Gasteiger partial charge in [0.2, 0.25) is 0 Å². The number of hydrogen-bond acceptors (Lipinski definition) is 2. The predicted molar refractivity (Wildman–Crippen MR) is 84.0 cm³/mol. The van der Waals surface area contributed by atoms with Gasteiger partial charge in [-0.15, -0.1) is 0 Å². The first-order valence-corrected chi connectivity index (χ1v) is 7.16. The molecule has 0 aromatic heterocycles. The number of carbonyl (C=O) groups excluding carboxylic acids is 1. The number of rotatable bonds is 5. The maximum atomic E-state index is 12.4. The van der Waals surface area contributed by atoms with E-state index in [1.165, 1.54) is 11.1 Å². The molecule has 106 valence electrons. The third kappa shape index (κ3) is 3.58. The molecule has 0 N–H and O–H groups in total. The van der Waals surface area contributed by atoms with Crippen LogP contribution in [0.4, 0.5) is 0 Å². The van der Waals surface area contributed by atoms with Gasteiger partial charge >= 0.3 is 0 Å². The molecule has 0 radical (unpaired) electrons. The molecule has 2 aromatic carbocycles. The number of nitriles is 1. The molecule has 0 heterocycles. The van der Waals surface area contributed by atoms with E-state index in [0.717, 1.165) is 11.1 Å². The highest BCUT2D eigenvalue weighted by Gasteiger charge is 2.21. The Morgan fingerprint density at radius 1 is 1.05 bits per heavy atom. The van der Waals surface area contributed by atoms with E-state index in [4.69, 9.17) is 0 Å². The Kier molecular flexibility index (Phi) is 4.90. The first kappa shape index (κ1) is 15.0. The fraction of sp³-hybridized carbons (Fsp3) is 0.263. The monoisotopic (exact) mass is 277 g/mol. The Balaban J connectivity index is 2.10. The highest BCUT2D eigenvalue weighted by molar-refractivity contribution is 5.88. The number of ketones is 1. The fourth-order valence-electron chi connectivity index (χ4n) is 2.52. The minimum Gasteiger partial charge on any atom is -0.298 e. The number of Topliss-reactive ketones (excluding diaryl/α,β-unsaturated/α-hetero) is 1. The van der Waals surface area contributed by atoms with Gasteiger partial charge in [-0.05, 0) is 42.5 Å². The van der Waals surface area contributed by atoms with E-state index in [1.807, 2.05) is 62.4 Å². The standard InChI is InChI=1S/C19H19NO/c1-14-7-3-5-9-16(14)11-12-19(21)18(13-20)17-10-6-4-8-15(17)2/h3-10,18H,11-12H2,1-2H3. The van der Waals surface area contributed by atoms with E-state index in [9.17, 15) is 10.1 Å². The molecule has 0 bridgehead atoms. The van der Waals surface area contributed by atoms with Crippen LogP contribution in [0.3, 0.4) is 0 Å². The van der Waals surface area contributed by atoms with Crippen LogP contribution in [0.5, 0.6) is 0 Å². The van der Waals surface area contributed by atoms with Gasteiger partial charge in [0.05, 0.1) is 6.07 Å². The Labute approximate surface area is 126 Å². The molecule has 0 aliphatic heterocycles. The van der Waals surface area contributed by atoms with E-state index < -0.39 is 5.92 Å². The van der Waals surface area contributed by atoms with E-state index in [1.54, 1.807) is 0 Å². The third-order valence-corrected chi connectivity index (χ3v) is 3.85. The molecule has 1 unspecified atom stereocenters. The molecule has 0 aliphatic rings. The van der Waals surface area contributed by atoms with E-state index >= 15 is 0 Å². The maximum absolute atomic E-state index is 12.4. The van der Waals surface area contributed by atoms with E-state index in [-0.39, 0.29) is 5.78 Å². The zero-order valence-electron chi connectivity index (χ0n) is 12.5. The van der Waals surface area contributed by atoms with Gasteiger partial charge in [0.25, 0.3) is 0 Å². The Morgan fingerprint density at radius 2 is 1.67 bits per heavy atom. The quantitative estimate of drug-likeness (QED) is 0.825. The molecule has 0 saturated carbocycles. The largest absolute Gasteiger partial charge is 0.298 e. The molecular weight excluding hydrogens is 258 g/mol. The molecule has 2 nitrogen and oxygen atoms in total. The van der Waals surface area contributed by atoms with Gasteiger partial charge in [0.1, 0.15) is 5.92 Å². The number of carbonyl (C=O) groups is 1. The van der Waals surface area contributed by atoms with Crippen molar-refractivity contribution >= 4 is 5.78 Å². The van der Waals surface area contributed by atoms with Crippen LogP contribution < -0.4 is 0 Å². The summed E-state index contributed by atoms with van der Waals surface area (Å²) in [5.74, 6) is -0.662. The molecule has 2 heteroatoms. The van der Waals surface area contributed by atoms with Crippen LogP contribution in [0.1, 0.15) is 34.6 Å². The fourth-order valence-corrected chi connectivity index (χ4v) is 2.52. The smallest absolute Gasteiger partial charge is 0.154 e. The molecule has 0 amide bonds. The second-order valence-corrected chi connectivity index (χ2v) is 5.31. The average Bonchev–Trinajstić information content (AvgIpc) is 2.49. The Bertz CT molecular complexity index is 682. The lowest BCUT2D eigenvalue weighted by atomic mass is 9.89. The molecule has 2 aromatic rings. The zero-order chi connectivity index (χ0) is 15.2.